The Kier molecular flexibility index (Phi) is 19.6. The zero-order valence-corrected chi connectivity index (χ0v) is 43.6. The Bertz CT molecular complexity index is 1860. The molecule has 0 saturated heterocycles. The van der Waals surface area contributed by atoms with Gasteiger partial charge in [0.1, 0.15) is 34.2 Å². The van der Waals surface area contributed by atoms with E-state index in [9.17, 15) is 19.8 Å². The third-order valence-electron chi connectivity index (χ3n) is 16.1. The van der Waals surface area contributed by atoms with Crippen molar-refractivity contribution >= 4 is 11.9 Å². The third kappa shape index (κ3) is 15.3. The standard InChI is InChI=1S/C57H92O8/c1-38(2)20-15-21-39(3)22-16-31-56(13)33-29-48-44(8)50(42(6)43(7)51(48)64-56)65-57(14,37-41(5)54(9,10)11)40(4)23-17-30-55(12,53(60)61)32-28-45(52(58)59)24-18-34-62-47-26-27-49-46(36-47)25-19-35-63-49/h26-27,36,38-41,45H,15-25,28-35,37H2,1-14H3,(H,58,59)(H,60,61). The lowest BCUT2D eigenvalue weighted by molar-refractivity contribution is -0.150. The van der Waals surface area contributed by atoms with Gasteiger partial charge >= 0.3 is 11.9 Å². The maximum atomic E-state index is 12.9. The molecule has 65 heavy (non-hydrogen) atoms. The average molecular weight is 905 g/mol. The zero-order valence-electron chi connectivity index (χ0n) is 43.6. The summed E-state index contributed by atoms with van der Waals surface area (Å²) in [5.74, 6) is 3.34. The fraction of sp³-hybridized carbons (Fsp3) is 0.754. The second-order valence-corrected chi connectivity index (χ2v) is 23.2. The van der Waals surface area contributed by atoms with Crippen LogP contribution in [0.3, 0.4) is 0 Å². The minimum Gasteiger partial charge on any atom is -0.494 e. The molecule has 7 unspecified atom stereocenters. The summed E-state index contributed by atoms with van der Waals surface area (Å²) in [4.78, 5) is 25.3. The summed E-state index contributed by atoms with van der Waals surface area (Å²) < 4.78 is 26.1. The first kappa shape index (κ1) is 54.2. The van der Waals surface area contributed by atoms with E-state index in [1.807, 2.05) is 18.2 Å². The van der Waals surface area contributed by atoms with Crippen molar-refractivity contribution < 1.29 is 38.7 Å². The molecule has 0 fully saturated rings. The number of aliphatic carboxylic acids is 2. The van der Waals surface area contributed by atoms with E-state index >= 15 is 0 Å². The molecule has 4 rings (SSSR count). The van der Waals surface area contributed by atoms with E-state index < -0.39 is 28.9 Å². The van der Waals surface area contributed by atoms with Crippen LogP contribution in [0, 0.1) is 61.2 Å². The van der Waals surface area contributed by atoms with Crippen LogP contribution in [-0.2, 0) is 22.4 Å². The lowest BCUT2D eigenvalue weighted by Gasteiger charge is -2.43. The second kappa shape index (κ2) is 23.5. The van der Waals surface area contributed by atoms with E-state index in [0.29, 0.717) is 51.0 Å². The van der Waals surface area contributed by atoms with Gasteiger partial charge in [0.2, 0.25) is 0 Å². The van der Waals surface area contributed by atoms with Gasteiger partial charge in [-0.2, -0.15) is 0 Å². The quantitative estimate of drug-likeness (QED) is 0.0853. The molecule has 0 amide bonds. The van der Waals surface area contributed by atoms with E-state index in [1.165, 1.54) is 48.8 Å². The molecule has 0 spiro atoms. The van der Waals surface area contributed by atoms with Gasteiger partial charge in [-0.3, -0.25) is 9.59 Å². The number of carboxylic acid groups (broad SMARTS) is 2. The molecule has 0 radical (unpaired) electrons. The van der Waals surface area contributed by atoms with Crippen molar-refractivity contribution in [3.63, 3.8) is 0 Å². The van der Waals surface area contributed by atoms with Crippen molar-refractivity contribution in [3.05, 3.63) is 46.0 Å². The molecule has 7 atom stereocenters. The first-order valence-electron chi connectivity index (χ1n) is 25.7. The molecule has 2 aromatic rings. The lowest BCUT2D eigenvalue weighted by atomic mass is 9.71. The lowest BCUT2D eigenvalue weighted by Crippen LogP contribution is -2.44. The van der Waals surface area contributed by atoms with Gasteiger partial charge in [-0.25, -0.2) is 0 Å². The smallest absolute Gasteiger partial charge is 0.309 e. The van der Waals surface area contributed by atoms with Gasteiger partial charge in [0, 0.05) is 5.56 Å². The minimum atomic E-state index is -1.03. The van der Waals surface area contributed by atoms with Gasteiger partial charge in [-0.15, -0.1) is 0 Å². The fourth-order valence-electron chi connectivity index (χ4n) is 10.2. The molecule has 368 valence electrons. The Labute approximate surface area is 395 Å². The molecule has 2 N–H and O–H groups in total. The Balaban J connectivity index is 1.40. The normalized spacial score (nSPS) is 19.9. The highest BCUT2D eigenvalue weighted by Crippen LogP contribution is 2.48. The largest absolute Gasteiger partial charge is 0.494 e. The van der Waals surface area contributed by atoms with Crippen LogP contribution < -0.4 is 18.9 Å². The SMILES string of the molecule is Cc1c(C)c2c(c(C)c1OC(C)(CC(C)C(C)(C)C)C(C)CCCC(C)(CCC(CCCOc1ccc3c(c1)CCCO3)C(=O)O)C(=O)O)CCC(C)(CCCC(C)CCCC(C)C)O2. The zero-order chi connectivity index (χ0) is 48.3. The summed E-state index contributed by atoms with van der Waals surface area (Å²) in [6.07, 6.45) is 15.8. The van der Waals surface area contributed by atoms with Crippen molar-refractivity contribution in [2.45, 2.75) is 224 Å². The van der Waals surface area contributed by atoms with Crippen LogP contribution in [0.15, 0.2) is 18.2 Å². The van der Waals surface area contributed by atoms with Crippen molar-refractivity contribution in [2.75, 3.05) is 13.2 Å². The second-order valence-electron chi connectivity index (χ2n) is 23.2. The maximum Gasteiger partial charge on any atom is 0.309 e. The number of hydrogen-bond donors (Lipinski definition) is 2. The third-order valence-corrected chi connectivity index (χ3v) is 16.1. The number of carboxylic acids is 2. The Morgan fingerprint density at radius 1 is 0.800 bits per heavy atom. The van der Waals surface area contributed by atoms with E-state index in [4.69, 9.17) is 18.9 Å². The highest BCUT2D eigenvalue weighted by Gasteiger charge is 2.41. The predicted octanol–water partition coefficient (Wildman–Crippen LogP) is 15.1. The van der Waals surface area contributed by atoms with Crippen LogP contribution in [-0.4, -0.2) is 46.6 Å². The van der Waals surface area contributed by atoms with Crippen LogP contribution in [0.25, 0.3) is 0 Å². The summed E-state index contributed by atoms with van der Waals surface area (Å²) >= 11 is 0. The van der Waals surface area contributed by atoms with Crippen LogP contribution >= 0.6 is 0 Å². The van der Waals surface area contributed by atoms with Crippen LogP contribution in [0.4, 0.5) is 0 Å². The van der Waals surface area contributed by atoms with E-state index in [-0.39, 0.29) is 16.9 Å². The van der Waals surface area contributed by atoms with Crippen LogP contribution in [0.2, 0.25) is 0 Å². The summed E-state index contributed by atoms with van der Waals surface area (Å²) in [6, 6.07) is 5.86. The monoisotopic (exact) mass is 905 g/mol. The molecular weight excluding hydrogens is 813 g/mol. The highest BCUT2D eigenvalue weighted by molar-refractivity contribution is 5.74. The van der Waals surface area contributed by atoms with E-state index in [0.717, 1.165) is 97.5 Å². The number of fused-ring (bicyclic) bond motifs is 2. The van der Waals surface area contributed by atoms with E-state index in [2.05, 4.69) is 90.0 Å². The minimum absolute atomic E-state index is 0.0789. The van der Waals surface area contributed by atoms with Crippen molar-refractivity contribution in [2.24, 2.45) is 40.4 Å². The van der Waals surface area contributed by atoms with Crippen LogP contribution in [0.5, 0.6) is 23.0 Å². The summed E-state index contributed by atoms with van der Waals surface area (Å²) in [6.45, 7) is 32.6. The molecule has 8 heteroatoms. The highest BCUT2D eigenvalue weighted by atomic mass is 16.5. The van der Waals surface area contributed by atoms with Gasteiger partial charge in [0.25, 0.3) is 0 Å². The van der Waals surface area contributed by atoms with Crippen molar-refractivity contribution in [1.82, 2.24) is 0 Å². The Morgan fingerprint density at radius 3 is 2.17 bits per heavy atom. The summed E-state index contributed by atoms with van der Waals surface area (Å²) in [5, 5.41) is 20.7. The summed E-state index contributed by atoms with van der Waals surface area (Å²) in [5.41, 5.74) is 4.26. The molecular formula is C57H92O8. The molecule has 2 heterocycles. The van der Waals surface area contributed by atoms with Gasteiger partial charge < -0.3 is 29.2 Å². The first-order chi connectivity index (χ1) is 30.4. The molecule has 2 aliphatic heterocycles. The van der Waals surface area contributed by atoms with Gasteiger partial charge in [-0.1, -0.05) is 87.5 Å². The first-order valence-corrected chi connectivity index (χ1v) is 25.7. The van der Waals surface area contributed by atoms with E-state index in [1.54, 1.807) is 6.92 Å². The number of benzene rings is 2. The van der Waals surface area contributed by atoms with Gasteiger partial charge in [0.05, 0.1) is 24.5 Å². The van der Waals surface area contributed by atoms with Gasteiger partial charge in [0.15, 0.2) is 0 Å². The number of aryl methyl sites for hydroxylation is 1. The molecule has 0 bridgehead atoms. The maximum absolute atomic E-state index is 12.9. The topological polar surface area (TPSA) is 112 Å². The van der Waals surface area contributed by atoms with Crippen molar-refractivity contribution in [1.29, 1.82) is 0 Å². The van der Waals surface area contributed by atoms with Gasteiger partial charge in [-0.05, 0) is 195 Å². The molecule has 2 aromatic carbocycles. The predicted molar refractivity (Wildman–Crippen MR) is 266 cm³/mol. The molecule has 8 nitrogen and oxygen atoms in total. The molecule has 0 aliphatic carbocycles. The Morgan fingerprint density at radius 2 is 1.51 bits per heavy atom. The molecule has 0 aromatic heterocycles. The fourth-order valence-corrected chi connectivity index (χ4v) is 10.2. The average Bonchev–Trinajstić information content (AvgIpc) is 3.23. The Hall–Kier alpha value is -3.42. The number of hydrogen-bond acceptors (Lipinski definition) is 6. The summed E-state index contributed by atoms with van der Waals surface area (Å²) in [7, 11) is 0. The molecule has 0 saturated carbocycles. The number of carbonyl (C=O) groups is 2. The van der Waals surface area contributed by atoms with Crippen molar-refractivity contribution in [3.8, 4) is 23.0 Å². The number of ether oxygens (including phenoxy) is 4. The molecule has 2 aliphatic rings. The van der Waals surface area contributed by atoms with Crippen LogP contribution in [0.1, 0.15) is 207 Å². The number of rotatable bonds is 27.